The number of aryl methyl sites for hydroxylation is 2. The normalized spacial score (nSPS) is 26.7. The minimum Gasteiger partial charge on any atom is -0.338 e. The lowest BCUT2D eigenvalue weighted by Crippen LogP contribution is -2.47. The predicted octanol–water partition coefficient (Wildman–Crippen LogP) is 1.44. The fourth-order valence-corrected chi connectivity index (χ4v) is 3.92. The molecule has 3 rings (SSSR count). The summed E-state index contributed by atoms with van der Waals surface area (Å²) in [5.41, 5.74) is 1.15. The van der Waals surface area contributed by atoms with Crippen LogP contribution < -0.4 is 0 Å². The van der Waals surface area contributed by atoms with Crippen molar-refractivity contribution in [3.8, 4) is 0 Å². The molecule has 0 unspecified atom stereocenters. The van der Waals surface area contributed by atoms with Crippen LogP contribution in [0.3, 0.4) is 0 Å². The molecule has 1 aromatic rings. The number of likely N-dealkylation sites (N-methyl/N-ethyl adjacent to an activating group) is 1. The highest BCUT2D eigenvalue weighted by Crippen LogP contribution is 2.29. The van der Waals surface area contributed by atoms with Crippen molar-refractivity contribution in [1.82, 2.24) is 19.6 Å². The summed E-state index contributed by atoms with van der Waals surface area (Å²) in [6.45, 7) is 2.12. The van der Waals surface area contributed by atoms with Crippen molar-refractivity contribution < 1.29 is 4.79 Å². The highest BCUT2D eigenvalue weighted by molar-refractivity contribution is 5.77. The highest BCUT2D eigenvalue weighted by atomic mass is 16.2. The molecule has 5 heteroatoms. The van der Waals surface area contributed by atoms with Crippen LogP contribution in [0.4, 0.5) is 0 Å². The molecule has 0 aromatic carbocycles. The molecule has 0 spiro atoms. The van der Waals surface area contributed by atoms with Crippen molar-refractivity contribution >= 4 is 5.91 Å². The quantitative estimate of drug-likeness (QED) is 0.842. The van der Waals surface area contributed by atoms with Crippen LogP contribution in [-0.2, 0) is 18.3 Å². The van der Waals surface area contributed by atoms with Gasteiger partial charge in [0.1, 0.15) is 0 Å². The summed E-state index contributed by atoms with van der Waals surface area (Å²) in [7, 11) is 4.12. The van der Waals surface area contributed by atoms with E-state index in [1.807, 2.05) is 19.4 Å². The fourth-order valence-electron chi connectivity index (χ4n) is 3.92. The molecule has 2 aliphatic heterocycles. The largest absolute Gasteiger partial charge is 0.338 e. The van der Waals surface area contributed by atoms with E-state index in [1.165, 1.54) is 25.8 Å². The molecule has 0 bridgehead atoms. The van der Waals surface area contributed by atoms with Crippen molar-refractivity contribution in [2.75, 3.05) is 20.1 Å². The molecule has 21 heavy (non-hydrogen) atoms. The zero-order valence-corrected chi connectivity index (χ0v) is 13.2. The number of hydrogen-bond donors (Lipinski definition) is 0. The number of aromatic nitrogens is 2. The average Bonchev–Trinajstić information content (AvgIpc) is 3.16. The summed E-state index contributed by atoms with van der Waals surface area (Å²) in [4.78, 5) is 17.2. The Kier molecular flexibility index (Phi) is 4.29. The van der Waals surface area contributed by atoms with Crippen LogP contribution in [0, 0.1) is 0 Å². The number of rotatable bonds is 4. The Morgan fingerprint density at radius 3 is 2.67 bits per heavy atom. The van der Waals surface area contributed by atoms with E-state index in [0.29, 0.717) is 24.4 Å². The first-order valence-corrected chi connectivity index (χ1v) is 8.12. The maximum atomic E-state index is 12.6. The van der Waals surface area contributed by atoms with Crippen molar-refractivity contribution in [3.63, 3.8) is 0 Å². The third kappa shape index (κ3) is 3.12. The van der Waals surface area contributed by atoms with Crippen molar-refractivity contribution in [1.29, 1.82) is 0 Å². The van der Waals surface area contributed by atoms with Gasteiger partial charge in [0, 0.05) is 38.3 Å². The van der Waals surface area contributed by atoms with E-state index in [-0.39, 0.29) is 0 Å². The van der Waals surface area contributed by atoms with E-state index >= 15 is 0 Å². The molecule has 2 aliphatic rings. The van der Waals surface area contributed by atoms with Crippen molar-refractivity contribution in [2.24, 2.45) is 7.05 Å². The van der Waals surface area contributed by atoms with Crippen LogP contribution in [0.2, 0.25) is 0 Å². The van der Waals surface area contributed by atoms with Gasteiger partial charge in [0.2, 0.25) is 5.91 Å². The molecule has 1 amide bonds. The topological polar surface area (TPSA) is 41.4 Å². The zero-order chi connectivity index (χ0) is 14.8. The van der Waals surface area contributed by atoms with Crippen LogP contribution in [0.1, 0.15) is 37.7 Å². The first kappa shape index (κ1) is 14.6. The van der Waals surface area contributed by atoms with Gasteiger partial charge in [-0.3, -0.25) is 9.48 Å². The molecule has 0 saturated carbocycles. The lowest BCUT2D eigenvalue weighted by atomic mass is 10.0. The first-order valence-electron chi connectivity index (χ1n) is 8.12. The monoisotopic (exact) mass is 290 g/mol. The molecular weight excluding hydrogens is 264 g/mol. The number of amides is 1. The van der Waals surface area contributed by atoms with Gasteiger partial charge >= 0.3 is 0 Å². The third-order valence-corrected chi connectivity index (χ3v) is 5.03. The van der Waals surface area contributed by atoms with Crippen molar-refractivity contribution in [2.45, 2.75) is 50.6 Å². The van der Waals surface area contributed by atoms with Gasteiger partial charge in [-0.25, -0.2) is 0 Å². The Bertz CT molecular complexity index is 498. The summed E-state index contributed by atoms with van der Waals surface area (Å²) < 4.78 is 1.80. The first-order chi connectivity index (χ1) is 10.1. The van der Waals surface area contributed by atoms with Gasteiger partial charge in [-0.15, -0.1) is 0 Å². The van der Waals surface area contributed by atoms with E-state index in [4.69, 9.17) is 0 Å². The molecule has 0 N–H and O–H groups in total. The number of carbonyl (C=O) groups excluding carboxylic acids is 1. The van der Waals surface area contributed by atoms with Gasteiger partial charge in [0.15, 0.2) is 0 Å². The Labute approximate surface area is 126 Å². The standard InChI is InChI=1S/C16H26N4O/c1-18-9-3-5-14(18)15-6-4-10-20(15)16(21)8-7-13-11-17-19(2)12-13/h11-12,14-15H,3-10H2,1-2H3/t14-,15-/m0/s1. The molecule has 1 aromatic heterocycles. The molecular formula is C16H26N4O. The minimum absolute atomic E-state index is 0.321. The van der Waals surface area contributed by atoms with E-state index in [2.05, 4.69) is 21.9 Å². The molecule has 5 nitrogen and oxygen atoms in total. The minimum atomic E-state index is 0.321. The van der Waals surface area contributed by atoms with Crippen LogP contribution in [0.5, 0.6) is 0 Å². The van der Waals surface area contributed by atoms with Gasteiger partial charge in [-0.1, -0.05) is 0 Å². The molecule has 2 atom stereocenters. The number of likely N-dealkylation sites (tertiary alicyclic amines) is 2. The SMILES string of the molecule is CN1CCC[C@H]1[C@@H]1CCCN1C(=O)CCc1cnn(C)c1. The molecule has 2 fully saturated rings. The van der Waals surface area contributed by atoms with Crippen LogP contribution in [0.15, 0.2) is 12.4 Å². The lowest BCUT2D eigenvalue weighted by Gasteiger charge is -2.33. The summed E-state index contributed by atoms with van der Waals surface area (Å²) in [6.07, 6.45) is 10.1. The van der Waals surface area contributed by atoms with E-state index in [1.54, 1.807) is 4.68 Å². The van der Waals surface area contributed by atoms with Gasteiger partial charge in [0.05, 0.1) is 6.20 Å². The van der Waals surface area contributed by atoms with Gasteiger partial charge in [-0.05, 0) is 51.3 Å². The second-order valence-corrected chi connectivity index (χ2v) is 6.51. The van der Waals surface area contributed by atoms with Crippen LogP contribution >= 0.6 is 0 Å². The van der Waals surface area contributed by atoms with Crippen LogP contribution in [-0.4, -0.2) is 57.7 Å². The second-order valence-electron chi connectivity index (χ2n) is 6.51. The third-order valence-electron chi connectivity index (χ3n) is 5.03. The van der Waals surface area contributed by atoms with Crippen molar-refractivity contribution in [3.05, 3.63) is 18.0 Å². The van der Waals surface area contributed by atoms with E-state index in [9.17, 15) is 4.79 Å². The Morgan fingerprint density at radius 2 is 2.00 bits per heavy atom. The maximum absolute atomic E-state index is 12.6. The van der Waals surface area contributed by atoms with Gasteiger partial charge < -0.3 is 9.80 Å². The summed E-state index contributed by atoms with van der Waals surface area (Å²) in [5, 5.41) is 4.17. The smallest absolute Gasteiger partial charge is 0.223 e. The highest BCUT2D eigenvalue weighted by Gasteiger charge is 2.37. The average molecular weight is 290 g/mol. The maximum Gasteiger partial charge on any atom is 0.223 e. The Balaban J connectivity index is 1.58. The van der Waals surface area contributed by atoms with E-state index in [0.717, 1.165) is 24.9 Å². The zero-order valence-electron chi connectivity index (χ0n) is 13.2. The van der Waals surface area contributed by atoms with E-state index < -0.39 is 0 Å². The number of carbonyl (C=O) groups is 1. The second kappa shape index (κ2) is 6.18. The number of hydrogen-bond acceptors (Lipinski definition) is 3. The Hall–Kier alpha value is -1.36. The molecule has 2 saturated heterocycles. The molecule has 0 aliphatic carbocycles. The molecule has 3 heterocycles. The van der Waals surface area contributed by atoms with Crippen LogP contribution in [0.25, 0.3) is 0 Å². The molecule has 116 valence electrons. The number of nitrogens with zero attached hydrogens (tertiary/aromatic N) is 4. The van der Waals surface area contributed by atoms with Gasteiger partial charge in [-0.2, -0.15) is 5.10 Å². The summed E-state index contributed by atoms with van der Waals surface area (Å²) >= 11 is 0. The summed E-state index contributed by atoms with van der Waals surface area (Å²) in [5.74, 6) is 0.321. The predicted molar refractivity (Wildman–Crippen MR) is 81.9 cm³/mol. The summed E-state index contributed by atoms with van der Waals surface area (Å²) in [6, 6.07) is 1.02. The molecule has 0 radical (unpaired) electrons. The lowest BCUT2D eigenvalue weighted by molar-refractivity contribution is -0.132. The Morgan fingerprint density at radius 1 is 1.24 bits per heavy atom. The van der Waals surface area contributed by atoms with Gasteiger partial charge in [0.25, 0.3) is 0 Å². The fraction of sp³-hybridized carbons (Fsp3) is 0.750.